The number of aliphatic imine (C=N–C) groups is 1. The first-order valence-electron chi connectivity index (χ1n) is 4.29. The Morgan fingerprint density at radius 2 is 2.46 bits per heavy atom. The summed E-state index contributed by atoms with van der Waals surface area (Å²) in [6.07, 6.45) is 0. The van der Waals surface area contributed by atoms with Crippen molar-refractivity contribution >= 4 is 28.3 Å². The maximum absolute atomic E-state index is 4.34. The van der Waals surface area contributed by atoms with E-state index in [1.54, 1.807) is 11.3 Å². The number of thioether (sulfide) groups is 1. The number of hydrogen-bond acceptors (Lipinski definition) is 4. The average Bonchev–Trinajstić information content (AvgIpc) is 2.72. The van der Waals surface area contributed by atoms with Gasteiger partial charge in [0.15, 0.2) is 5.17 Å². The summed E-state index contributed by atoms with van der Waals surface area (Å²) >= 11 is 3.57. The van der Waals surface area contributed by atoms with Crippen LogP contribution in [0.3, 0.4) is 0 Å². The van der Waals surface area contributed by atoms with Crippen LogP contribution < -0.4 is 5.32 Å². The van der Waals surface area contributed by atoms with Crippen LogP contribution in [-0.2, 0) is 6.54 Å². The van der Waals surface area contributed by atoms with Crippen LogP contribution in [0.15, 0.2) is 15.8 Å². The van der Waals surface area contributed by atoms with Gasteiger partial charge in [-0.05, 0) is 28.8 Å². The van der Waals surface area contributed by atoms with Crippen LogP contribution in [0.5, 0.6) is 0 Å². The molecule has 1 aromatic rings. The molecule has 0 bridgehead atoms. The molecule has 4 heteroatoms. The molecule has 1 aromatic heterocycles. The Morgan fingerprint density at radius 3 is 3.08 bits per heavy atom. The first-order chi connectivity index (χ1) is 6.36. The van der Waals surface area contributed by atoms with Crippen molar-refractivity contribution in [3.63, 3.8) is 0 Å². The van der Waals surface area contributed by atoms with E-state index in [4.69, 9.17) is 0 Å². The van der Waals surface area contributed by atoms with Crippen molar-refractivity contribution in [1.29, 1.82) is 0 Å². The standard InChI is InChI=1S/C9H12N2S2/c1-7-5-12-6-8(7)4-11-9-10-2-3-13-9/h5-6H,2-4H2,1H3,(H,10,11). The molecule has 2 heterocycles. The predicted molar refractivity (Wildman–Crippen MR) is 60.7 cm³/mol. The Labute approximate surface area is 86.5 Å². The zero-order chi connectivity index (χ0) is 9.10. The van der Waals surface area contributed by atoms with E-state index in [1.165, 1.54) is 11.1 Å². The largest absolute Gasteiger partial charge is 0.361 e. The van der Waals surface area contributed by atoms with E-state index in [0.717, 1.165) is 24.0 Å². The van der Waals surface area contributed by atoms with E-state index in [1.807, 2.05) is 11.8 Å². The van der Waals surface area contributed by atoms with Crippen LogP contribution in [-0.4, -0.2) is 17.5 Å². The van der Waals surface area contributed by atoms with Gasteiger partial charge < -0.3 is 5.32 Å². The molecule has 2 rings (SSSR count). The summed E-state index contributed by atoms with van der Waals surface area (Å²) in [6, 6.07) is 0. The Kier molecular flexibility index (Phi) is 2.90. The average molecular weight is 212 g/mol. The summed E-state index contributed by atoms with van der Waals surface area (Å²) in [5.74, 6) is 1.13. The molecule has 2 nitrogen and oxygen atoms in total. The van der Waals surface area contributed by atoms with Gasteiger partial charge in [0, 0.05) is 12.3 Å². The van der Waals surface area contributed by atoms with Crippen LogP contribution in [0.4, 0.5) is 0 Å². The minimum atomic E-state index is 0.918. The van der Waals surface area contributed by atoms with E-state index in [2.05, 4.69) is 28.0 Å². The molecule has 0 spiro atoms. The molecule has 1 aliphatic heterocycles. The summed E-state index contributed by atoms with van der Waals surface area (Å²) in [7, 11) is 0. The van der Waals surface area contributed by atoms with Crippen molar-refractivity contribution in [2.24, 2.45) is 4.99 Å². The lowest BCUT2D eigenvalue weighted by Crippen LogP contribution is -2.18. The Morgan fingerprint density at radius 1 is 1.54 bits per heavy atom. The molecule has 1 N–H and O–H groups in total. The monoisotopic (exact) mass is 212 g/mol. The number of hydrogen-bond donors (Lipinski definition) is 1. The van der Waals surface area contributed by atoms with Crippen molar-refractivity contribution in [3.8, 4) is 0 Å². The fourth-order valence-corrected chi connectivity index (χ4v) is 2.77. The number of aryl methyl sites for hydroxylation is 1. The molecule has 0 radical (unpaired) electrons. The summed E-state index contributed by atoms with van der Waals surface area (Å²) < 4.78 is 0. The number of amidine groups is 1. The van der Waals surface area contributed by atoms with Gasteiger partial charge in [-0.15, -0.1) is 0 Å². The maximum Gasteiger partial charge on any atom is 0.156 e. The summed E-state index contributed by atoms with van der Waals surface area (Å²) in [6.45, 7) is 4.04. The highest BCUT2D eigenvalue weighted by Crippen LogP contribution is 2.15. The third-order valence-corrected chi connectivity index (χ3v) is 3.82. The van der Waals surface area contributed by atoms with Crippen LogP contribution in [0.1, 0.15) is 11.1 Å². The zero-order valence-corrected chi connectivity index (χ0v) is 9.17. The third kappa shape index (κ3) is 2.25. The Balaban J connectivity index is 1.89. The lowest BCUT2D eigenvalue weighted by atomic mass is 10.2. The Hall–Kier alpha value is -0.480. The summed E-state index contributed by atoms with van der Waals surface area (Å²) in [5.41, 5.74) is 2.77. The van der Waals surface area contributed by atoms with E-state index < -0.39 is 0 Å². The zero-order valence-electron chi connectivity index (χ0n) is 7.54. The normalized spacial score (nSPS) is 15.9. The van der Waals surface area contributed by atoms with E-state index in [0.29, 0.717) is 0 Å². The quantitative estimate of drug-likeness (QED) is 0.813. The molecule has 0 amide bonds. The molecular weight excluding hydrogens is 200 g/mol. The van der Waals surface area contributed by atoms with Gasteiger partial charge in [0.05, 0.1) is 6.54 Å². The number of nitrogens with zero attached hydrogens (tertiary/aromatic N) is 1. The molecular formula is C9H12N2S2. The van der Waals surface area contributed by atoms with Crippen LogP contribution in [0.2, 0.25) is 0 Å². The van der Waals surface area contributed by atoms with Gasteiger partial charge in [0.2, 0.25) is 0 Å². The van der Waals surface area contributed by atoms with Crippen molar-refractivity contribution in [3.05, 3.63) is 21.9 Å². The molecule has 70 valence electrons. The first kappa shape index (κ1) is 9.09. The fraction of sp³-hybridized carbons (Fsp3) is 0.444. The lowest BCUT2D eigenvalue weighted by Gasteiger charge is -2.03. The van der Waals surface area contributed by atoms with Gasteiger partial charge in [-0.2, -0.15) is 11.3 Å². The molecule has 0 aliphatic carbocycles. The number of thiophene rings is 1. The topological polar surface area (TPSA) is 24.4 Å². The third-order valence-electron chi connectivity index (χ3n) is 1.98. The van der Waals surface area contributed by atoms with E-state index in [-0.39, 0.29) is 0 Å². The fourth-order valence-electron chi connectivity index (χ4n) is 1.18. The molecule has 0 saturated carbocycles. The van der Waals surface area contributed by atoms with Crippen molar-refractivity contribution in [1.82, 2.24) is 5.32 Å². The van der Waals surface area contributed by atoms with Crippen molar-refractivity contribution < 1.29 is 0 Å². The Bertz CT molecular complexity index is 317. The van der Waals surface area contributed by atoms with Gasteiger partial charge >= 0.3 is 0 Å². The minimum Gasteiger partial charge on any atom is -0.361 e. The summed E-state index contributed by atoms with van der Waals surface area (Å²) in [5, 5.41) is 8.82. The SMILES string of the molecule is Cc1cscc1CNC1=NCCS1. The molecule has 0 saturated heterocycles. The minimum absolute atomic E-state index is 0.918. The smallest absolute Gasteiger partial charge is 0.156 e. The van der Waals surface area contributed by atoms with Gasteiger partial charge in [0.25, 0.3) is 0 Å². The van der Waals surface area contributed by atoms with Crippen molar-refractivity contribution in [2.75, 3.05) is 12.3 Å². The van der Waals surface area contributed by atoms with Gasteiger partial charge in [0.1, 0.15) is 0 Å². The summed E-state index contributed by atoms with van der Waals surface area (Å²) in [4.78, 5) is 4.34. The molecule has 13 heavy (non-hydrogen) atoms. The van der Waals surface area contributed by atoms with E-state index >= 15 is 0 Å². The first-order valence-corrected chi connectivity index (χ1v) is 6.22. The molecule has 0 fully saturated rings. The lowest BCUT2D eigenvalue weighted by molar-refractivity contribution is 0.919. The number of rotatable bonds is 2. The van der Waals surface area contributed by atoms with Crippen LogP contribution >= 0.6 is 23.1 Å². The molecule has 0 atom stereocenters. The molecule has 0 unspecified atom stereocenters. The van der Waals surface area contributed by atoms with Crippen LogP contribution in [0, 0.1) is 6.92 Å². The number of nitrogens with one attached hydrogen (secondary N) is 1. The highest BCUT2D eigenvalue weighted by atomic mass is 32.2. The second-order valence-corrected chi connectivity index (χ2v) is 4.80. The highest BCUT2D eigenvalue weighted by Gasteiger charge is 2.06. The highest BCUT2D eigenvalue weighted by molar-refractivity contribution is 8.14. The second-order valence-electron chi connectivity index (χ2n) is 2.97. The van der Waals surface area contributed by atoms with Crippen LogP contribution in [0.25, 0.3) is 0 Å². The molecule has 1 aliphatic rings. The maximum atomic E-state index is 4.34. The van der Waals surface area contributed by atoms with E-state index in [9.17, 15) is 0 Å². The second kappa shape index (κ2) is 4.15. The van der Waals surface area contributed by atoms with Gasteiger partial charge in [-0.1, -0.05) is 11.8 Å². The predicted octanol–water partition coefficient (Wildman–Crippen LogP) is 2.25. The van der Waals surface area contributed by atoms with Gasteiger partial charge in [-0.25, -0.2) is 0 Å². The van der Waals surface area contributed by atoms with Crippen molar-refractivity contribution in [2.45, 2.75) is 13.5 Å². The van der Waals surface area contributed by atoms with Gasteiger partial charge in [-0.3, -0.25) is 4.99 Å². The molecule has 0 aromatic carbocycles.